The third kappa shape index (κ3) is 5.86. The van der Waals surface area contributed by atoms with Crippen LogP contribution in [0.25, 0.3) is 27.6 Å². The summed E-state index contributed by atoms with van der Waals surface area (Å²) in [6.07, 6.45) is 2.02. The summed E-state index contributed by atoms with van der Waals surface area (Å²) >= 11 is 0. The first kappa shape index (κ1) is 26.9. The van der Waals surface area contributed by atoms with Gasteiger partial charge in [-0.15, -0.1) is 0 Å². The van der Waals surface area contributed by atoms with Crippen molar-refractivity contribution in [2.24, 2.45) is 7.05 Å². The molecule has 8 nitrogen and oxygen atoms in total. The Balaban J connectivity index is 1.34. The lowest BCUT2D eigenvalue weighted by molar-refractivity contribution is -0.187. The zero-order valence-corrected chi connectivity index (χ0v) is 22.6. The van der Waals surface area contributed by atoms with E-state index >= 15 is 0 Å². The molecule has 204 valence electrons. The summed E-state index contributed by atoms with van der Waals surface area (Å²) in [6.45, 7) is 4.10. The highest BCUT2D eigenvalue weighted by Gasteiger charge is 2.28. The molecular formula is C31H36N4O4. The molecule has 2 aromatic carbocycles. The van der Waals surface area contributed by atoms with Crippen LogP contribution in [0.3, 0.4) is 0 Å². The number of anilines is 1. The van der Waals surface area contributed by atoms with Crippen LogP contribution in [0, 0.1) is 11.3 Å². The van der Waals surface area contributed by atoms with Crippen molar-refractivity contribution in [2.45, 2.75) is 57.5 Å². The summed E-state index contributed by atoms with van der Waals surface area (Å²) in [5.74, 6) is -0.508. The number of aliphatic hydroxyl groups is 2. The largest absolute Gasteiger partial charge is 0.393 e. The van der Waals surface area contributed by atoms with Crippen LogP contribution in [0.15, 0.2) is 54.1 Å². The Hall–Kier alpha value is -3.64. The summed E-state index contributed by atoms with van der Waals surface area (Å²) in [7, 11) is 1.93. The van der Waals surface area contributed by atoms with Gasteiger partial charge in [-0.2, -0.15) is 5.26 Å². The molecule has 2 aliphatic rings. The molecule has 5 rings (SSSR count). The molecule has 3 heterocycles. The maximum atomic E-state index is 12.9. The average molecular weight is 529 g/mol. The third-order valence-electron chi connectivity index (χ3n) is 7.91. The van der Waals surface area contributed by atoms with Gasteiger partial charge in [0.25, 0.3) is 5.91 Å². The van der Waals surface area contributed by atoms with E-state index in [1.54, 1.807) is 6.92 Å². The van der Waals surface area contributed by atoms with Gasteiger partial charge < -0.3 is 29.7 Å². The van der Waals surface area contributed by atoms with Crippen molar-refractivity contribution in [1.29, 1.82) is 5.26 Å². The molecule has 2 fully saturated rings. The van der Waals surface area contributed by atoms with Crippen molar-refractivity contribution >= 4 is 27.9 Å². The van der Waals surface area contributed by atoms with E-state index in [-0.39, 0.29) is 18.5 Å². The lowest BCUT2D eigenvalue weighted by atomic mass is 10.0. The van der Waals surface area contributed by atoms with Crippen LogP contribution >= 0.6 is 0 Å². The van der Waals surface area contributed by atoms with E-state index < -0.39 is 24.4 Å². The van der Waals surface area contributed by atoms with Gasteiger partial charge in [0, 0.05) is 56.6 Å². The van der Waals surface area contributed by atoms with Gasteiger partial charge >= 0.3 is 0 Å². The number of carbonyl (C=O) groups excluding carboxylic acids is 1. The van der Waals surface area contributed by atoms with Crippen molar-refractivity contribution in [1.82, 2.24) is 9.88 Å². The number of allylic oxidation sites excluding steroid dienone is 1. The molecule has 0 aliphatic carbocycles. The molecule has 0 saturated carbocycles. The molecular weight excluding hydrogens is 492 g/mol. The summed E-state index contributed by atoms with van der Waals surface area (Å²) in [4.78, 5) is 15.4. The molecule has 3 N–H and O–H groups in total. The van der Waals surface area contributed by atoms with E-state index in [1.165, 1.54) is 35.7 Å². The Kier molecular flexibility index (Phi) is 8.03. The summed E-state index contributed by atoms with van der Waals surface area (Å²) < 4.78 is 7.38. The van der Waals surface area contributed by atoms with E-state index in [9.17, 15) is 20.3 Å². The summed E-state index contributed by atoms with van der Waals surface area (Å²) in [5.41, 5.74) is 4.69. The molecule has 1 amide bonds. The second-order valence-electron chi connectivity index (χ2n) is 10.6. The number of aliphatic hydroxyl groups excluding tert-OH is 2. The van der Waals surface area contributed by atoms with Crippen molar-refractivity contribution < 1.29 is 19.7 Å². The predicted molar refractivity (Wildman–Crippen MR) is 152 cm³/mol. The number of ether oxygens (including phenoxy) is 1. The Morgan fingerprint density at radius 2 is 1.79 bits per heavy atom. The number of fused-ring (bicyclic) bond motifs is 1. The standard InChI is InChI=1S/C31H36N4O4/c1-20(27(18-32)31(38)33-19-26-16-25(36)17-30(37)39-26)28-10-11-29(34(28)2)23-7-6-22-15-24(9-8-21(22)14-23)35-12-4-3-5-13-35/h6-11,14-15,25-26,30,36-37H,3-5,12-13,16-17,19H2,1-2H3,(H,33,38)/b27-20+. The minimum Gasteiger partial charge on any atom is -0.393 e. The number of piperidine rings is 1. The number of carbonyl (C=O) groups is 1. The van der Waals surface area contributed by atoms with Crippen LogP contribution in [0.1, 0.15) is 44.7 Å². The maximum Gasteiger partial charge on any atom is 0.262 e. The summed E-state index contributed by atoms with van der Waals surface area (Å²) in [5, 5.41) is 34.4. The minimum atomic E-state index is -1.06. The zero-order chi connectivity index (χ0) is 27.5. The van der Waals surface area contributed by atoms with E-state index in [2.05, 4.69) is 46.6 Å². The van der Waals surface area contributed by atoms with E-state index in [0.717, 1.165) is 30.0 Å². The third-order valence-corrected chi connectivity index (χ3v) is 7.91. The average Bonchev–Trinajstić information content (AvgIpc) is 3.32. The fraction of sp³-hybridized carbons (Fsp3) is 0.419. The zero-order valence-electron chi connectivity index (χ0n) is 22.6. The van der Waals surface area contributed by atoms with Crippen LogP contribution in [0.4, 0.5) is 5.69 Å². The molecule has 3 atom stereocenters. The molecule has 3 aromatic rings. The van der Waals surface area contributed by atoms with Crippen LogP contribution in [-0.2, 0) is 16.6 Å². The number of nitrogens with zero attached hydrogens (tertiary/aromatic N) is 3. The van der Waals surface area contributed by atoms with Gasteiger partial charge in [0.15, 0.2) is 6.29 Å². The molecule has 0 spiro atoms. The fourth-order valence-electron chi connectivity index (χ4n) is 5.74. The van der Waals surface area contributed by atoms with Crippen molar-refractivity contribution in [3.63, 3.8) is 0 Å². The Bertz CT molecular complexity index is 1420. The van der Waals surface area contributed by atoms with Crippen molar-refractivity contribution in [3.05, 3.63) is 59.8 Å². The first-order valence-electron chi connectivity index (χ1n) is 13.7. The number of benzene rings is 2. The fourth-order valence-corrected chi connectivity index (χ4v) is 5.74. The molecule has 2 aliphatic heterocycles. The molecule has 3 unspecified atom stereocenters. The van der Waals surface area contributed by atoms with Gasteiger partial charge in [0.1, 0.15) is 11.6 Å². The highest BCUT2D eigenvalue weighted by atomic mass is 16.6. The second kappa shape index (κ2) is 11.6. The SMILES string of the molecule is C/C(=C(/C#N)C(=O)NCC1CC(O)CC(O)O1)c1ccc(-c2ccc3cc(N4CCCCC4)ccc3c2)n1C. The quantitative estimate of drug-likeness (QED) is 0.328. The number of nitrogens with one attached hydrogen (secondary N) is 1. The van der Waals surface area contributed by atoms with Crippen LogP contribution in [0.2, 0.25) is 0 Å². The molecule has 0 radical (unpaired) electrons. The lowest BCUT2D eigenvalue weighted by Crippen LogP contribution is -2.42. The first-order valence-corrected chi connectivity index (χ1v) is 13.7. The number of nitriles is 1. The van der Waals surface area contributed by atoms with Gasteiger partial charge in [-0.25, -0.2) is 0 Å². The number of hydrogen-bond acceptors (Lipinski definition) is 6. The molecule has 1 aromatic heterocycles. The minimum absolute atomic E-state index is 0.0170. The van der Waals surface area contributed by atoms with Gasteiger partial charge in [-0.3, -0.25) is 4.79 Å². The van der Waals surface area contributed by atoms with Crippen LogP contribution in [-0.4, -0.2) is 58.8 Å². The van der Waals surface area contributed by atoms with Gasteiger partial charge in [0.2, 0.25) is 0 Å². The number of rotatable bonds is 6. The van der Waals surface area contributed by atoms with Crippen molar-refractivity contribution in [2.75, 3.05) is 24.5 Å². The van der Waals surface area contributed by atoms with Gasteiger partial charge in [-0.1, -0.05) is 18.2 Å². The highest BCUT2D eigenvalue weighted by Crippen LogP contribution is 2.31. The Labute approximate surface area is 229 Å². The van der Waals surface area contributed by atoms with E-state index in [1.807, 2.05) is 29.8 Å². The molecule has 39 heavy (non-hydrogen) atoms. The highest BCUT2D eigenvalue weighted by molar-refractivity contribution is 6.04. The van der Waals surface area contributed by atoms with E-state index in [4.69, 9.17) is 4.74 Å². The lowest BCUT2D eigenvalue weighted by Gasteiger charge is -2.30. The normalized spacial score (nSPS) is 22.3. The second-order valence-corrected chi connectivity index (χ2v) is 10.6. The number of hydrogen-bond donors (Lipinski definition) is 3. The first-order chi connectivity index (χ1) is 18.8. The van der Waals surface area contributed by atoms with E-state index in [0.29, 0.717) is 12.0 Å². The molecule has 2 saturated heterocycles. The topological polar surface area (TPSA) is 111 Å². The van der Waals surface area contributed by atoms with Gasteiger partial charge in [0.05, 0.1) is 12.2 Å². The van der Waals surface area contributed by atoms with Crippen LogP contribution < -0.4 is 10.2 Å². The van der Waals surface area contributed by atoms with Crippen LogP contribution in [0.5, 0.6) is 0 Å². The number of amides is 1. The number of aromatic nitrogens is 1. The monoisotopic (exact) mass is 528 g/mol. The van der Waals surface area contributed by atoms with Gasteiger partial charge in [-0.05, 0) is 78.4 Å². The predicted octanol–water partition coefficient (Wildman–Crippen LogP) is 4.11. The summed E-state index contributed by atoms with van der Waals surface area (Å²) in [6, 6.07) is 19.1. The maximum absolute atomic E-state index is 12.9. The Morgan fingerprint density at radius 1 is 1.05 bits per heavy atom. The smallest absolute Gasteiger partial charge is 0.262 e. The molecule has 0 bridgehead atoms. The molecule has 8 heteroatoms. The van der Waals surface area contributed by atoms with Crippen molar-refractivity contribution in [3.8, 4) is 17.3 Å². The Morgan fingerprint density at radius 3 is 2.54 bits per heavy atom.